The zero-order valence-corrected chi connectivity index (χ0v) is 12.2. The van der Waals surface area contributed by atoms with Crippen LogP contribution in [-0.4, -0.2) is 11.5 Å². The number of rotatable bonds is 5. The van der Waals surface area contributed by atoms with Gasteiger partial charge in [-0.1, -0.05) is 18.5 Å². The Hall–Kier alpha value is -0.900. The van der Waals surface area contributed by atoms with Crippen molar-refractivity contribution in [3.63, 3.8) is 0 Å². The van der Waals surface area contributed by atoms with Gasteiger partial charge in [0, 0.05) is 16.0 Å². The van der Waals surface area contributed by atoms with Gasteiger partial charge in [0.05, 0.1) is 16.8 Å². The van der Waals surface area contributed by atoms with Crippen LogP contribution in [-0.2, 0) is 0 Å². The van der Waals surface area contributed by atoms with Crippen LogP contribution in [0.1, 0.15) is 34.8 Å². The van der Waals surface area contributed by atoms with E-state index in [-0.39, 0.29) is 6.04 Å². The third-order valence-corrected chi connectivity index (χ3v) is 3.98. The molecule has 2 aromatic rings. The quantitative estimate of drug-likeness (QED) is 0.888. The maximum Gasteiger partial charge on any atom is 0.0845 e. The highest BCUT2D eigenvalue weighted by atomic mass is 35.5. The highest BCUT2D eigenvalue weighted by Crippen LogP contribution is 2.27. The fourth-order valence-corrected chi connectivity index (χ4v) is 2.88. The molecule has 4 heteroatoms. The summed E-state index contributed by atoms with van der Waals surface area (Å²) in [5.41, 5.74) is 1.02. The fraction of sp³-hybridized carbons (Fsp3) is 0.357. The molecule has 0 aliphatic carbocycles. The van der Waals surface area contributed by atoms with E-state index in [9.17, 15) is 0 Å². The van der Waals surface area contributed by atoms with E-state index < -0.39 is 0 Å². The van der Waals surface area contributed by atoms with Gasteiger partial charge in [0.2, 0.25) is 0 Å². The number of hydrogen-bond acceptors (Lipinski definition) is 3. The molecular weight excluding hydrogens is 264 g/mol. The second-order valence-electron chi connectivity index (χ2n) is 4.24. The Morgan fingerprint density at radius 1 is 1.33 bits per heavy atom. The summed E-state index contributed by atoms with van der Waals surface area (Å²) in [6.07, 6.45) is 2.81. The Balaban J connectivity index is 2.27. The average molecular weight is 281 g/mol. The minimum Gasteiger partial charge on any atom is -0.304 e. The van der Waals surface area contributed by atoms with Crippen molar-refractivity contribution in [2.24, 2.45) is 0 Å². The molecule has 0 spiro atoms. The molecule has 2 aromatic heterocycles. The number of pyridine rings is 1. The highest BCUT2D eigenvalue weighted by molar-refractivity contribution is 7.12. The van der Waals surface area contributed by atoms with Crippen LogP contribution in [0.3, 0.4) is 0 Å². The molecule has 0 fully saturated rings. The van der Waals surface area contributed by atoms with Gasteiger partial charge in [-0.2, -0.15) is 0 Å². The largest absolute Gasteiger partial charge is 0.304 e. The van der Waals surface area contributed by atoms with Gasteiger partial charge in [-0.05, 0) is 44.2 Å². The van der Waals surface area contributed by atoms with Crippen molar-refractivity contribution in [2.75, 3.05) is 6.54 Å². The minimum atomic E-state index is 0.168. The number of aromatic nitrogens is 1. The number of halogens is 1. The first-order valence-corrected chi connectivity index (χ1v) is 7.31. The van der Waals surface area contributed by atoms with Crippen molar-refractivity contribution in [3.8, 4) is 0 Å². The van der Waals surface area contributed by atoms with Gasteiger partial charge in [-0.25, -0.2) is 0 Å². The Labute approximate surface area is 117 Å². The van der Waals surface area contributed by atoms with E-state index in [1.54, 1.807) is 6.20 Å². The van der Waals surface area contributed by atoms with E-state index in [0.717, 1.165) is 18.7 Å². The van der Waals surface area contributed by atoms with E-state index in [1.165, 1.54) is 9.75 Å². The third kappa shape index (κ3) is 3.31. The van der Waals surface area contributed by atoms with Crippen LogP contribution in [0, 0.1) is 6.92 Å². The Kier molecular flexibility index (Phi) is 4.75. The van der Waals surface area contributed by atoms with Crippen molar-refractivity contribution >= 4 is 22.9 Å². The number of aryl methyl sites for hydroxylation is 1. The van der Waals surface area contributed by atoms with Crippen LogP contribution in [0.5, 0.6) is 0 Å². The third-order valence-electron chi connectivity index (χ3n) is 2.69. The van der Waals surface area contributed by atoms with Gasteiger partial charge >= 0.3 is 0 Å². The van der Waals surface area contributed by atoms with Gasteiger partial charge in [-0.15, -0.1) is 11.3 Å². The van der Waals surface area contributed by atoms with Crippen molar-refractivity contribution in [2.45, 2.75) is 26.3 Å². The van der Waals surface area contributed by atoms with Crippen molar-refractivity contribution in [1.29, 1.82) is 0 Å². The number of thiophene rings is 1. The summed E-state index contributed by atoms with van der Waals surface area (Å²) in [6.45, 7) is 5.27. The number of nitrogens with one attached hydrogen (secondary N) is 1. The van der Waals surface area contributed by atoms with Crippen molar-refractivity contribution < 1.29 is 0 Å². The summed E-state index contributed by atoms with van der Waals surface area (Å²) in [7, 11) is 0. The van der Waals surface area contributed by atoms with E-state index in [1.807, 2.05) is 23.5 Å². The molecule has 2 heterocycles. The van der Waals surface area contributed by atoms with Crippen LogP contribution >= 0.6 is 22.9 Å². The topological polar surface area (TPSA) is 24.9 Å². The zero-order chi connectivity index (χ0) is 13.0. The van der Waals surface area contributed by atoms with Crippen LogP contribution in [0.4, 0.5) is 0 Å². The van der Waals surface area contributed by atoms with E-state index >= 15 is 0 Å². The lowest BCUT2D eigenvalue weighted by molar-refractivity contribution is 0.594. The molecule has 0 radical (unpaired) electrons. The van der Waals surface area contributed by atoms with Crippen LogP contribution < -0.4 is 5.32 Å². The van der Waals surface area contributed by atoms with Gasteiger partial charge in [0.15, 0.2) is 0 Å². The SMILES string of the molecule is CCCNC(c1ccc(Cl)cn1)c1ccc(C)s1. The number of hydrogen-bond donors (Lipinski definition) is 1. The van der Waals surface area contributed by atoms with Crippen molar-refractivity contribution in [1.82, 2.24) is 10.3 Å². The van der Waals surface area contributed by atoms with Gasteiger partial charge in [0.1, 0.15) is 0 Å². The normalized spacial score (nSPS) is 12.6. The zero-order valence-electron chi connectivity index (χ0n) is 10.6. The van der Waals surface area contributed by atoms with Crippen LogP contribution in [0.25, 0.3) is 0 Å². The van der Waals surface area contributed by atoms with Crippen LogP contribution in [0.2, 0.25) is 5.02 Å². The lowest BCUT2D eigenvalue weighted by atomic mass is 10.1. The predicted octanol–water partition coefficient (Wildman–Crippen LogP) is 4.19. The molecule has 96 valence electrons. The molecule has 0 bridgehead atoms. The minimum absolute atomic E-state index is 0.168. The summed E-state index contributed by atoms with van der Waals surface area (Å²) in [4.78, 5) is 7.05. The molecule has 2 rings (SSSR count). The predicted molar refractivity (Wildman–Crippen MR) is 78.4 cm³/mol. The maximum absolute atomic E-state index is 5.89. The molecule has 0 saturated carbocycles. The molecule has 0 saturated heterocycles. The van der Waals surface area contributed by atoms with E-state index in [4.69, 9.17) is 11.6 Å². The molecule has 2 nitrogen and oxygen atoms in total. The first kappa shape index (κ1) is 13.5. The summed E-state index contributed by atoms with van der Waals surface area (Å²) in [5, 5.41) is 4.22. The second-order valence-corrected chi connectivity index (χ2v) is 5.99. The first-order chi connectivity index (χ1) is 8.70. The second kappa shape index (κ2) is 6.32. The van der Waals surface area contributed by atoms with E-state index in [2.05, 4.69) is 36.3 Å². The summed E-state index contributed by atoms with van der Waals surface area (Å²) in [6, 6.07) is 8.37. The van der Waals surface area contributed by atoms with Gasteiger partial charge < -0.3 is 5.32 Å². The molecule has 1 N–H and O–H groups in total. The molecule has 0 aliphatic rings. The van der Waals surface area contributed by atoms with E-state index in [0.29, 0.717) is 5.02 Å². The van der Waals surface area contributed by atoms with Crippen molar-refractivity contribution in [3.05, 3.63) is 50.9 Å². The molecule has 0 aliphatic heterocycles. The molecule has 0 amide bonds. The lowest BCUT2D eigenvalue weighted by Gasteiger charge is -2.16. The van der Waals surface area contributed by atoms with Gasteiger partial charge in [0.25, 0.3) is 0 Å². The highest BCUT2D eigenvalue weighted by Gasteiger charge is 2.16. The molecule has 1 unspecified atom stereocenters. The molecular formula is C14H17ClN2S. The summed E-state index contributed by atoms with van der Waals surface area (Å²) in [5.74, 6) is 0. The maximum atomic E-state index is 5.89. The monoisotopic (exact) mass is 280 g/mol. The Bertz CT molecular complexity index is 493. The average Bonchev–Trinajstić information content (AvgIpc) is 2.78. The fourth-order valence-electron chi connectivity index (χ4n) is 1.81. The molecule has 18 heavy (non-hydrogen) atoms. The molecule has 0 aromatic carbocycles. The summed E-state index contributed by atoms with van der Waals surface area (Å²) < 4.78 is 0. The standard InChI is InChI=1S/C14H17ClN2S/c1-3-8-16-14(13-7-4-10(2)18-13)12-6-5-11(15)9-17-12/h4-7,9,14,16H,3,8H2,1-2H3. The Morgan fingerprint density at radius 3 is 2.72 bits per heavy atom. The smallest absolute Gasteiger partial charge is 0.0845 e. The van der Waals surface area contributed by atoms with Gasteiger partial charge in [-0.3, -0.25) is 4.98 Å². The lowest BCUT2D eigenvalue weighted by Crippen LogP contribution is -2.23. The molecule has 1 atom stereocenters. The Morgan fingerprint density at radius 2 is 2.17 bits per heavy atom. The van der Waals surface area contributed by atoms with Crippen LogP contribution in [0.15, 0.2) is 30.5 Å². The summed E-state index contributed by atoms with van der Waals surface area (Å²) >= 11 is 7.70. The number of nitrogens with zero attached hydrogens (tertiary/aromatic N) is 1. The first-order valence-electron chi connectivity index (χ1n) is 6.12.